The summed E-state index contributed by atoms with van der Waals surface area (Å²) in [6.45, 7) is 0.769. The van der Waals surface area contributed by atoms with Gasteiger partial charge < -0.3 is 67.3 Å². The molecular formula is C43H71BN12O14. The minimum atomic E-state index is -1.83. The number of carboxylic acids is 3. The van der Waals surface area contributed by atoms with E-state index in [-0.39, 0.29) is 147 Å². The molecule has 3 atom stereocenters. The molecule has 3 rings (SSSR count). The van der Waals surface area contributed by atoms with E-state index in [1.54, 1.807) is 58.0 Å². The lowest BCUT2D eigenvalue weighted by Gasteiger charge is -2.33. The molecule has 0 bridgehead atoms. The Balaban J connectivity index is 1.55. The van der Waals surface area contributed by atoms with Crippen LogP contribution in [0.4, 0.5) is 0 Å². The lowest BCUT2D eigenvalue weighted by atomic mass is 9.77. The summed E-state index contributed by atoms with van der Waals surface area (Å²) in [5.41, 5.74) is 12.0. The first-order valence-corrected chi connectivity index (χ1v) is 23.2. The van der Waals surface area contributed by atoms with Crippen LogP contribution in [0.25, 0.3) is 0 Å². The second kappa shape index (κ2) is 29.9. The lowest BCUT2D eigenvalue weighted by Crippen LogP contribution is -2.52. The van der Waals surface area contributed by atoms with Gasteiger partial charge in [0.05, 0.1) is 44.8 Å². The van der Waals surface area contributed by atoms with Crippen molar-refractivity contribution in [1.29, 1.82) is 0 Å². The molecule has 2 aliphatic heterocycles. The molecule has 2 aliphatic rings. The van der Waals surface area contributed by atoms with Gasteiger partial charge in [-0.1, -0.05) is 12.1 Å². The van der Waals surface area contributed by atoms with Gasteiger partial charge in [0.2, 0.25) is 23.6 Å². The van der Waals surface area contributed by atoms with E-state index in [1.807, 2.05) is 0 Å². The summed E-state index contributed by atoms with van der Waals surface area (Å²) in [5, 5.41) is 62.8. The van der Waals surface area contributed by atoms with Gasteiger partial charge in [0, 0.05) is 105 Å². The number of aliphatic carboxylic acids is 3. The maximum absolute atomic E-state index is 13.8. The number of likely N-dealkylation sites (N-methyl/N-ethyl adjacent to an activating group) is 1. The quantitative estimate of drug-likeness (QED) is 0.0190. The van der Waals surface area contributed by atoms with Crippen molar-refractivity contribution in [3.05, 3.63) is 35.4 Å². The zero-order chi connectivity index (χ0) is 51.9. The van der Waals surface area contributed by atoms with Gasteiger partial charge in [0.15, 0.2) is 5.96 Å². The van der Waals surface area contributed by atoms with Crippen LogP contribution in [-0.2, 0) is 40.1 Å². The smallest absolute Gasteiger partial charge is 0.475 e. The number of carbonyl (C=O) groups is 8. The maximum atomic E-state index is 13.8. The molecule has 390 valence electrons. The minimum absolute atomic E-state index is 0.00997. The van der Waals surface area contributed by atoms with Crippen molar-refractivity contribution in [2.45, 2.75) is 63.2 Å². The van der Waals surface area contributed by atoms with Crippen molar-refractivity contribution in [3.63, 3.8) is 0 Å². The molecule has 70 heavy (non-hydrogen) atoms. The van der Waals surface area contributed by atoms with Gasteiger partial charge in [-0.05, 0) is 49.8 Å². The Labute approximate surface area is 407 Å². The fourth-order valence-corrected chi connectivity index (χ4v) is 8.08. The van der Waals surface area contributed by atoms with Crippen LogP contribution in [0.2, 0.25) is 0 Å². The van der Waals surface area contributed by atoms with Gasteiger partial charge in [0.25, 0.3) is 5.91 Å². The molecule has 26 nitrogen and oxygen atoms in total. The van der Waals surface area contributed by atoms with E-state index in [0.29, 0.717) is 19.3 Å². The zero-order valence-corrected chi connectivity index (χ0v) is 40.1. The number of nitrogens with two attached hydrogens (primary N) is 2. The van der Waals surface area contributed by atoms with E-state index in [1.165, 1.54) is 9.80 Å². The summed E-state index contributed by atoms with van der Waals surface area (Å²) in [6, 6.07) is 5.47. The number of rotatable bonds is 25. The number of benzene rings is 1. The van der Waals surface area contributed by atoms with E-state index in [9.17, 15) is 68.8 Å². The van der Waals surface area contributed by atoms with Crippen molar-refractivity contribution < 1.29 is 68.8 Å². The van der Waals surface area contributed by atoms with Crippen molar-refractivity contribution in [1.82, 2.24) is 44.9 Å². The van der Waals surface area contributed by atoms with E-state index < -0.39 is 67.4 Å². The number of carboxylic acid groups (broad SMARTS) is 3. The largest absolute Gasteiger partial charge is 0.480 e. The van der Waals surface area contributed by atoms with Crippen molar-refractivity contribution >= 4 is 60.5 Å². The fourth-order valence-electron chi connectivity index (χ4n) is 8.08. The van der Waals surface area contributed by atoms with Crippen LogP contribution in [0.1, 0.15) is 54.4 Å². The average Bonchev–Trinajstić information content (AvgIpc) is 3.70. The number of aliphatic hydroxyl groups is 1. The molecule has 2 heterocycles. The Morgan fingerprint density at radius 1 is 0.757 bits per heavy atom. The van der Waals surface area contributed by atoms with Gasteiger partial charge >= 0.3 is 25.0 Å². The summed E-state index contributed by atoms with van der Waals surface area (Å²) in [5.74, 6) is -6.48. The number of aliphatic hydroxyl groups excluding tert-OH is 1. The summed E-state index contributed by atoms with van der Waals surface area (Å²) >= 11 is 0. The Kier molecular flexibility index (Phi) is 24.9. The molecule has 3 unspecified atom stereocenters. The molecule has 0 aromatic heterocycles. The number of amides is 5. The molecule has 0 spiro atoms. The highest BCUT2D eigenvalue weighted by atomic mass is 16.4. The van der Waals surface area contributed by atoms with E-state index >= 15 is 0 Å². The van der Waals surface area contributed by atoms with Crippen molar-refractivity contribution in [2.75, 3.05) is 119 Å². The van der Waals surface area contributed by atoms with Crippen molar-refractivity contribution in [3.8, 4) is 0 Å². The zero-order valence-electron chi connectivity index (χ0n) is 40.1. The van der Waals surface area contributed by atoms with Gasteiger partial charge in [-0.25, -0.2) is 0 Å². The first-order chi connectivity index (χ1) is 33.1. The number of aliphatic imine (C=N–C) groups is 1. The topological polar surface area (TPSA) is 369 Å². The van der Waals surface area contributed by atoms with Crippen LogP contribution in [0.5, 0.6) is 0 Å². The second-order valence-corrected chi connectivity index (χ2v) is 17.6. The average molecular weight is 991 g/mol. The summed E-state index contributed by atoms with van der Waals surface area (Å²) < 4.78 is 0. The third-order valence-electron chi connectivity index (χ3n) is 11.9. The summed E-state index contributed by atoms with van der Waals surface area (Å²) in [7, 11) is 1.40. The van der Waals surface area contributed by atoms with Gasteiger partial charge in [-0.3, -0.25) is 62.9 Å². The fraction of sp³-hybridized carbons (Fsp3) is 0.651. The van der Waals surface area contributed by atoms with Crippen LogP contribution in [-0.4, -0.2) is 262 Å². The number of guanidine groups is 1. The summed E-state index contributed by atoms with van der Waals surface area (Å²) in [4.78, 5) is 116. The van der Waals surface area contributed by atoms with Gasteiger partial charge in [-0.15, -0.1) is 0 Å². The third-order valence-corrected chi connectivity index (χ3v) is 11.9. The number of unbranched alkanes of at least 4 members (excludes halogenated alkanes) is 1. The molecule has 0 saturated carbocycles. The van der Waals surface area contributed by atoms with Crippen LogP contribution in [0.3, 0.4) is 0 Å². The first-order valence-electron chi connectivity index (χ1n) is 23.2. The molecular weight excluding hydrogens is 919 g/mol. The molecule has 2 fully saturated rings. The number of β-amino-alcohol motifs (C(OH)–C–C–N with tert-alkyl or cyclic N) is 1. The molecule has 2 saturated heterocycles. The standard InChI is InChI=1S/C43H71BN12O14/c1-50(13-4-3-7-36(59)51(2)24-30-8-10-31(11-9-30)41(67)48-23-37(60)56-25-32(57)22-34(56)44(69)70)42(68)33(6-5-12-47-43(45)46)49-35(58)26-52-14-16-53(27-38(61)62)18-20-55(29-40(65)66)21-19-54(17-15-52)28-39(63)64/h8-11,32-34,57,69-70H,3-7,12-29H2,1-2H3,(H,48,67)(H,49,58)(H,61,62)(H,63,64)(H,65,66)(H4,45,46,47). The lowest BCUT2D eigenvalue weighted by molar-refractivity contribution is -0.140. The normalized spacial score (nSPS) is 18.1. The van der Waals surface area contributed by atoms with Gasteiger partial charge in [-0.2, -0.15) is 0 Å². The number of nitrogens with zero attached hydrogens (tertiary/aromatic N) is 8. The maximum Gasteiger partial charge on any atom is 0.475 e. The molecule has 0 radical (unpaired) electrons. The van der Waals surface area contributed by atoms with E-state index in [4.69, 9.17) is 11.5 Å². The predicted octanol–water partition coefficient (Wildman–Crippen LogP) is -5.01. The second-order valence-electron chi connectivity index (χ2n) is 17.6. The molecule has 27 heteroatoms. The van der Waals surface area contributed by atoms with Gasteiger partial charge in [0.1, 0.15) is 6.04 Å². The van der Waals surface area contributed by atoms with E-state index in [2.05, 4.69) is 15.6 Å². The van der Waals surface area contributed by atoms with Crippen LogP contribution in [0.15, 0.2) is 29.3 Å². The highest BCUT2D eigenvalue weighted by molar-refractivity contribution is 6.43. The minimum Gasteiger partial charge on any atom is -0.480 e. The number of likely N-dealkylation sites (tertiary alicyclic amines) is 1. The molecule has 0 aliphatic carbocycles. The van der Waals surface area contributed by atoms with Crippen LogP contribution < -0.4 is 22.1 Å². The highest BCUT2D eigenvalue weighted by Crippen LogP contribution is 2.19. The number of hydrogen-bond donors (Lipinski definition) is 10. The third kappa shape index (κ3) is 21.8. The predicted molar refractivity (Wildman–Crippen MR) is 254 cm³/mol. The van der Waals surface area contributed by atoms with Crippen LogP contribution >= 0.6 is 0 Å². The number of hydrogen-bond acceptors (Lipinski definition) is 16. The Bertz CT molecular complexity index is 1910. The Morgan fingerprint density at radius 2 is 1.27 bits per heavy atom. The molecule has 12 N–H and O–H groups in total. The molecule has 1 aromatic carbocycles. The number of nitrogens with one attached hydrogen (secondary N) is 2. The van der Waals surface area contributed by atoms with Crippen molar-refractivity contribution in [2.24, 2.45) is 16.5 Å². The Morgan fingerprint density at radius 3 is 1.76 bits per heavy atom. The monoisotopic (exact) mass is 991 g/mol. The highest BCUT2D eigenvalue weighted by Gasteiger charge is 2.41. The number of carbonyl (C=O) groups excluding carboxylic acids is 5. The van der Waals surface area contributed by atoms with Crippen LogP contribution in [0, 0.1) is 0 Å². The molecule has 5 amide bonds. The molecule has 1 aromatic rings. The first kappa shape index (κ1) is 58.3. The van der Waals surface area contributed by atoms with E-state index in [0.717, 1.165) is 10.5 Å². The SMILES string of the molecule is CN(Cc1ccc(C(=O)NCC(=O)N2CC(O)CC2B(O)O)cc1)C(=O)CCCCN(C)C(=O)C(CCCN=C(N)N)NC(=O)CN1CCN(CC(=O)O)CCN(CC(=O)O)CCN(CC(=O)O)CC1. The Hall–Kier alpha value is -5.97. The summed E-state index contributed by atoms with van der Waals surface area (Å²) in [6.07, 6.45) is 0.731.